The lowest BCUT2D eigenvalue weighted by atomic mass is 10.1. The maximum Gasteiger partial charge on any atom is 0.434 e. The summed E-state index contributed by atoms with van der Waals surface area (Å²) in [6.45, 7) is 0.524. The number of carbonyl (C=O) groups is 1. The van der Waals surface area contributed by atoms with Crippen LogP contribution in [0.3, 0.4) is 0 Å². The predicted molar refractivity (Wildman–Crippen MR) is 118 cm³/mol. The van der Waals surface area contributed by atoms with Gasteiger partial charge < -0.3 is 5.32 Å². The second kappa shape index (κ2) is 8.65. The number of fused-ring (bicyclic) bond motifs is 1. The van der Waals surface area contributed by atoms with Crippen LogP contribution < -0.4 is 21.7 Å². The summed E-state index contributed by atoms with van der Waals surface area (Å²) < 4.78 is 43.0. The number of amides is 1. The van der Waals surface area contributed by atoms with E-state index in [1.165, 1.54) is 18.3 Å². The van der Waals surface area contributed by atoms with Crippen molar-refractivity contribution in [3.8, 4) is 5.69 Å². The standard InChI is InChI=1S/C21H16ClF3N8O/c22-14-7-11(8-27-18(14)16-10-28-32-31-16)30-20(34)13-9-29-33(19(13)21(23,24)25)17-5-1-4-15-12(17)3-2-6-26-15/h1-9,16,28,31-32H,10H2,(H,30,34). The summed E-state index contributed by atoms with van der Waals surface area (Å²) in [5, 5.41) is 7.03. The van der Waals surface area contributed by atoms with Gasteiger partial charge in [-0.15, -0.1) is 0 Å². The molecule has 3 aromatic heterocycles. The molecule has 13 heteroatoms. The maximum absolute atomic E-state index is 14.1. The van der Waals surface area contributed by atoms with Gasteiger partial charge in [0.1, 0.15) is 0 Å². The minimum Gasteiger partial charge on any atom is -0.320 e. The third kappa shape index (κ3) is 4.07. The van der Waals surface area contributed by atoms with Crippen LogP contribution in [0.1, 0.15) is 27.8 Å². The van der Waals surface area contributed by atoms with Gasteiger partial charge >= 0.3 is 6.18 Å². The Morgan fingerprint density at radius 2 is 2.03 bits per heavy atom. The number of hydrogen-bond acceptors (Lipinski definition) is 7. The van der Waals surface area contributed by atoms with Crippen LogP contribution in [-0.2, 0) is 6.18 Å². The molecule has 1 aliphatic heterocycles. The first-order valence-corrected chi connectivity index (χ1v) is 10.4. The van der Waals surface area contributed by atoms with Gasteiger partial charge in [0, 0.05) is 18.1 Å². The fourth-order valence-electron chi connectivity index (χ4n) is 3.72. The van der Waals surface area contributed by atoms with E-state index in [2.05, 4.69) is 36.8 Å². The number of nitrogens with zero attached hydrogens (tertiary/aromatic N) is 4. The molecule has 0 bridgehead atoms. The molecule has 34 heavy (non-hydrogen) atoms. The van der Waals surface area contributed by atoms with Crippen LogP contribution in [0, 0.1) is 0 Å². The summed E-state index contributed by atoms with van der Waals surface area (Å²) in [5.74, 6) is -0.995. The van der Waals surface area contributed by atoms with Gasteiger partial charge in [-0.05, 0) is 30.3 Å². The summed E-state index contributed by atoms with van der Waals surface area (Å²) >= 11 is 6.27. The van der Waals surface area contributed by atoms with Gasteiger partial charge in [-0.3, -0.25) is 14.8 Å². The largest absolute Gasteiger partial charge is 0.434 e. The van der Waals surface area contributed by atoms with Crippen molar-refractivity contribution in [2.75, 3.05) is 11.9 Å². The molecule has 1 aliphatic rings. The first kappa shape index (κ1) is 22.2. The van der Waals surface area contributed by atoms with Crippen molar-refractivity contribution in [2.24, 2.45) is 0 Å². The Kier molecular flexibility index (Phi) is 5.65. The number of nitrogens with one attached hydrogen (secondary N) is 4. The third-order valence-electron chi connectivity index (χ3n) is 5.23. The van der Waals surface area contributed by atoms with E-state index in [9.17, 15) is 18.0 Å². The van der Waals surface area contributed by atoms with E-state index in [0.717, 1.165) is 6.20 Å². The zero-order chi connectivity index (χ0) is 23.9. The number of aromatic nitrogens is 4. The van der Waals surface area contributed by atoms with E-state index in [1.807, 2.05) is 0 Å². The summed E-state index contributed by atoms with van der Waals surface area (Å²) in [6.07, 6.45) is -1.11. The van der Waals surface area contributed by atoms with Gasteiger partial charge in [-0.1, -0.05) is 17.7 Å². The Hall–Kier alpha value is -3.58. The normalized spacial score (nSPS) is 16.2. The number of rotatable bonds is 4. The molecule has 0 saturated carbocycles. The van der Waals surface area contributed by atoms with Crippen molar-refractivity contribution < 1.29 is 18.0 Å². The monoisotopic (exact) mass is 488 g/mol. The molecule has 4 N–H and O–H groups in total. The summed E-state index contributed by atoms with van der Waals surface area (Å²) in [7, 11) is 0. The van der Waals surface area contributed by atoms with Gasteiger partial charge in [0.25, 0.3) is 5.91 Å². The Morgan fingerprint density at radius 3 is 2.76 bits per heavy atom. The Morgan fingerprint density at radius 1 is 1.18 bits per heavy atom. The molecule has 1 amide bonds. The Labute approximate surface area is 195 Å². The first-order valence-electron chi connectivity index (χ1n) is 10.0. The van der Waals surface area contributed by atoms with Crippen molar-refractivity contribution >= 4 is 34.1 Å². The number of halogens is 4. The lowest BCUT2D eigenvalue weighted by Gasteiger charge is -2.15. The number of carbonyl (C=O) groups excluding carboxylic acids is 1. The molecular formula is C21H16ClF3N8O. The van der Waals surface area contributed by atoms with E-state index < -0.39 is 23.3 Å². The SMILES string of the molecule is O=C(Nc1cnc(C2CNNN2)c(Cl)c1)c1cnn(-c2cccc3ncccc23)c1C(F)(F)F. The van der Waals surface area contributed by atoms with Crippen LogP contribution in [0.25, 0.3) is 16.6 Å². The molecule has 1 atom stereocenters. The summed E-state index contributed by atoms with van der Waals surface area (Å²) in [6, 6.07) is 9.21. The van der Waals surface area contributed by atoms with Gasteiger partial charge in [0.15, 0.2) is 5.69 Å². The molecule has 0 aliphatic carbocycles. The van der Waals surface area contributed by atoms with Gasteiger partial charge in [-0.2, -0.15) is 23.8 Å². The van der Waals surface area contributed by atoms with Crippen LogP contribution >= 0.6 is 11.6 Å². The number of anilines is 1. The maximum atomic E-state index is 14.1. The van der Waals surface area contributed by atoms with Crippen LogP contribution in [0.15, 0.2) is 55.0 Å². The van der Waals surface area contributed by atoms with E-state index in [-0.39, 0.29) is 22.4 Å². The highest BCUT2D eigenvalue weighted by molar-refractivity contribution is 6.31. The second-order valence-corrected chi connectivity index (χ2v) is 7.82. The van der Waals surface area contributed by atoms with E-state index in [4.69, 9.17) is 11.6 Å². The van der Waals surface area contributed by atoms with E-state index in [0.29, 0.717) is 27.8 Å². The fraction of sp³-hybridized carbons (Fsp3) is 0.143. The second-order valence-electron chi connectivity index (χ2n) is 7.41. The summed E-state index contributed by atoms with van der Waals surface area (Å²) in [4.78, 5) is 21.3. The number of pyridine rings is 2. The van der Waals surface area contributed by atoms with Crippen LogP contribution in [0.2, 0.25) is 5.02 Å². The quantitative estimate of drug-likeness (QED) is 0.348. The molecule has 1 aromatic carbocycles. The van der Waals surface area contributed by atoms with Gasteiger partial charge in [-0.25, -0.2) is 15.5 Å². The number of hydrogen-bond donors (Lipinski definition) is 4. The van der Waals surface area contributed by atoms with Crippen molar-refractivity contribution in [2.45, 2.75) is 12.2 Å². The molecule has 1 fully saturated rings. The molecule has 4 heterocycles. The molecule has 174 valence electrons. The van der Waals surface area contributed by atoms with E-state index in [1.54, 1.807) is 30.5 Å². The average Bonchev–Trinajstić information content (AvgIpc) is 3.49. The molecule has 1 unspecified atom stereocenters. The molecule has 4 aromatic rings. The molecule has 1 saturated heterocycles. The minimum atomic E-state index is -4.86. The smallest absolute Gasteiger partial charge is 0.320 e. The Bertz CT molecular complexity index is 1380. The fourth-order valence-corrected chi connectivity index (χ4v) is 4.02. The van der Waals surface area contributed by atoms with Gasteiger partial charge in [0.2, 0.25) is 0 Å². The van der Waals surface area contributed by atoms with Crippen molar-refractivity contribution in [3.05, 3.63) is 77.0 Å². The van der Waals surface area contributed by atoms with Crippen molar-refractivity contribution in [1.82, 2.24) is 36.1 Å². The average molecular weight is 489 g/mol. The van der Waals surface area contributed by atoms with Crippen LogP contribution in [0.5, 0.6) is 0 Å². The Balaban J connectivity index is 1.50. The highest BCUT2D eigenvalue weighted by Gasteiger charge is 2.41. The molecular weight excluding hydrogens is 473 g/mol. The number of hydrazine groups is 2. The van der Waals surface area contributed by atoms with Crippen LogP contribution in [0.4, 0.5) is 18.9 Å². The molecule has 0 spiro atoms. The van der Waals surface area contributed by atoms with Crippen molar-refractivity contribution in [1.29, 1.82) is 0 Å². The van der Waals surface area contributed by atoms with Crippen molar-refractivity contribution in [3.63, 3.8) is 0 Å². The van der Waals surface area contributed by atoms with E-state index >= 15 is 0 Å². The lowest BCUT2D eigenvalue weighted by molar-refractivity contribution is -0.143. The topological polar surface area (TPSA) is 109 Å². The number of alkyl halides is 3. The first-order chi connectivity index (χ1) is 16.3. The third-order valence-corrected chi connectivity index (χ3v) is 5.53. The molecule has 5 rings (SSSR count). The minimum absolute atomic E-state index is 0.146. The zero-order valence-corrected chi connectivity index (χ0v) is 17.9. The zero-order valence-electron chi connectivity index (χ0n) is 17.2. The highest BCUT2D eigenvalue weighted by atomic mass is 35.5. The highest BCUT2D eigenvalue weighted by Crippen LogP contribution is 2.35. The van der Waals surface area contributed by atoms with Gasteiger partial charge in [0.05, 0.1) is 51.6 Å². The van der Waals surface area contributed by atoms with Crippen LogP contribution in [-0.4, -0.2) is 32.2 Å². The summed E-state index contributed by atoms with van der Waals surface area (Å²) in [5.41, 5.74) is 7.98. The molecule has 9 nitrogen and oxygen atoms in total. The number of benzene rings is 1. The predicted octanol–water partition coefficient (Wildman–Crippen LogP) is 3.39. The molecule has 0 radical (unpaired) electrons. The lowest BCUT2D eigenvalue weighted by Crippen LogP contribution is -2.31.